The van der Waals surface area contributed by atoms with Gasteiger partial charge in [-0.2, -0.15) is 4.79 Å². The van der Waals surface area contributed by atoms with Gasteiger partial charge in [-0.15, -0.1) is 0 Å². The number of Topliss-reactive ketones (excluding diaryl/α,β-unsaturated/α-hetero) is 2. The highest BCUT2D eigenvalue weighted by molar-refractivity contribution is 6.62. The molecule has 0 N–H and O–H groups in total. The van der Waals surface area contributed by atoms with Crippen molar-refractivity contribution in [2.45, 2.75) is 32.1 Å². The molecular formula is C11H14N2O4. The van der Waals surface area contributed by atoms with Gasteiger partial charge in [0.1, 0.15) is 5.78 Å². The molecule has 92 valence electrons. The fourth-order valence-corrected chi connectivity index (χ4v) is 1.95. The molecule has 1 fully saturated rings. The second-order valence-corrected chi connectivity index (χ2v) is 4.07. The molecule has 17 heavy (non-hydrogen) atoms. The Balaban J connectivity index is 2.62. The average molecular weight is 238 g/mol. The Morgan fingerprint density at radius 2 is 2.24 bits per heavy atom. The zero-order valence-corrected chi connectivity index (χ0v) is 9.64. The summed E-state index contributed by atoms with van der Waals surface area (Å²) in [6.45, 7) is 0. The number of hydrogen-bond donors (Lipinski definition) is 0. The minimum atomic E-state index is -0.959. The molecule has 0 saturated heterocycles. The van der Waals surface area contributed by atoms with Crippen LogP contribution in [0.15, 0.2) is 0 Å². The van der Waals surface area contributed by atoms with Crippen LogP contribution in [0.1, 0.15) is 32.1 Å². The molecule has 0 aromatic heterocycles. The molecule has 0 heterocycles. The summed E-state index contributed by atoms with van der Waals surface area (Å²) >= 11 is 0. The van der Waals surface area contributed by atoms with Crippen molar-refractivity contribution < 1.29 is 23.9 Å². The number of nitrogens with zero attached hydrogens (tertiary/aromatic N) is 2. The normalized spacial score (nSPS) is 19.4. The first-order valence-electron chi connectivity index (χ1n) is 5.43. The summed E-state index contributed by atoms with van der Waals surface area (Å²) in [5.41, 5.74) is 7.97. The van der Waals surface area contributed by atoms with E-state index in [0.717, 1.165) is 20.0 Å². The van der Waals surface area contributed by atoms with Crippen LogP contribution in [0.3, 0.4) is 0 Å². The van der Waals surface area contributed by atoms with E-state index >= 15 is 0 Å². The van der Waals surface area contributed by atoms with Crippen LogP contribution in [-0.4, -0.2) is 35.1 Å². The molecule has 6 nitrogen and oxygen atoms in total. The second kappa shape index (κ2) is 6.06. The summed E-state index contributed by atoms with van der Waals surface area (Å²) in [5, 5.41) is 0. The monoisotopic (exact) mass is 238 g/mol. The van der Waals surface area contributed by atoms with Crippen LogP contribution in [0.4, 0.5) is 0 Å². The van der Waals surface area contributed by atoms with E-state index in [4.69, 9.17) is 5.53 Å². The van der Waals surface area contributed by atoms with Crippen LogP contribution in [0, 0.1) is 5.92 Å². The molecule has 1 aliphatic carbocycles. The number of carbonyl (C=O) groups excluding carboxylic acids is 3. The van der Waals surface area contributed by atoms with Gasteiger partial charge in [-0.05, 0) is 18.8 Å². The quantitative estimate of drug-likeness (QED) is 0.235. The molecule has 0 spiro atoms. The lowest BCUT2D eigenvalue weighted by atomic mass is 9.84. The van der Waals surface area contributed by atoms with E-state index in [1.807, 2.05) is 0 Å². The minimum Gasteiger partial charge on any atom is -0.460 e. The van der Waals surface area contributed by atoms with Gasteiger partial charge in [0, 0.05) is 19.3 Å². The molecule has 1 atom stereocenters. The van der Waals surface area contributed by atoms with Crippen molar-refractivity contribution in [1.29, 1.82) is 0 Å². The lowest BCUT2D eigenvalue weighted by Gasteiger charge is -2.18. The lowest BCUT2D eigenvalue weighted by Crippen LogP contribution is -2.29. The van der Waals surface area contributed by atoms with Gasteiger partial charge < -0.3 is 10.3 Å². The number of carbonyl (C=O) groups is 3. The van der Waals surface area contributed by atoms with E-state index < -0.39 is 17.5 Å². The topological polar surface area (TPSA) is 96.8 Å². The maximum Gasteiger partial charge on any atom is 0.441 e. The predicted molar refractivity (Wildman–Crippen MR) is 57.2 cm³/mol. The summed E-state index contributed by atoms with van der Waals surface area (Å²) in [7, 11) is 1.10. The second-order valence-electron chi connectivity index (χ2n) is 4.07. The first kappa shape index (κ1) is 13.3. The first-order valence-corrected chi connectivity index (χ1v) is 5.43. The molecule has 1 saturated carbocycles. The van der Waals surface area contributed by atoms with Crippen LogP contribution in [0.2, 0.25) is 0 Å². The highest BCUT2D eigenvalue weighted by Gasteiger charge is 2.33. The lowest BCUT2D eigenvalue weighted by molar-refractivity contribution is -0.139. The van der Waals surface area contributed by atoms with Gasteiger partial charge in [0.25, 0.3) is 5.78 Å². The smallest absolute Gasteiger partial charge is 0.441 e. The summed E-state index contributed by atoms with van der Waals surface area (Å²) < 4.78 is 4.32. The van der Waals surface area contributed by atoms with E-state index in [0.29, 0.717) is 12.8 Å². The molecule has 1 aliphatic rings. The van der Waals surface area contributed by atoms with Crippen molar-refractivity contribution >= 4 is 23.2 Å². The highest BCUT2D eigenvalue weighted by Crippen LogP contribution is 2.24. The molecule has 1 unspecified atom stereocenters. The SMILES string of the molecule is COC(=O)C(=[N+]=[N-])C(=O)CC1CCCC(=O)C1. The van der Waals surface area contributed by atoms with Crippen molar-refractivity contribution in [2.75, 3.05) is 7.11 Å². The predicted octanol–water partition coefficient (Wildman–Crippen LogP) is 0.549. The number of hydrogen-bond acceptors (Lipinski definition) is 4. The van der Waals surface area contributed by atoms with Crippen LogP contribution in [0.5, 0.6) is 0 Å². The van der Waals surface area contributed by atoms with Crippen molar-refractivity contribution in [2.24, 2.45) is 5.92 Å². The van der Waals surface area contributed by atoms with Gasteiger partial charge >= 0.3 is 11.7 Å². The molecule has 0 aromatic rings. The molecule has 0 amide bonds. The average Bonchev–Trinajstić information content (AvgIpc) is 2.29. The Labute approximate surface area is 98.6 Å². The van der Waals surface area contributed by atoms with Crippen LogP contribution in [-0.2, 0) is 19.1 Å². The third-order valence-corrected chi connectivity index (χ3v) is 2.80. The molecular weight excluding hydrogens is 224 g/mol. The van der Waals surface area contributed by atoms with Crippen molar-refractivity contribution in [3.8, 4) is 0 Å². The Morgan fingerprint density at radius 1 is 1.53 bits per heavy atom. The number of rotatable bonds is 4. The van der Waals surface area contributed by atoms with Crippen molar-refractivity contribution in [3.05, 3.63) is 5.53 Å². The van der Waals surface area contributed by atoms with E-state index in [1.165, 1.54) is 0 Å². The third-order valence-electron chi connectivity index (χ3n) is 2.80. The number of ketones is 2. The fraction of sp³-hybridized carbons (Fsp3) is 0.636. The van der Waals surface area contributed by atoms with E-state index in [9.17, 15) is 14.4 Å². The van der Waals surface area contributed by atoms with Gasteiger partial charge in [-0.3, -0.25) is 9.59 Å². The molecule has 1 rings (SSSR count). The molecule has 0 bridgehead atoms. The molecule has 0 aliphatic heterocycles. The van der Waals surface area contributed by atoms with Gasteiger partial charge in [0.15, 0.2) is 0 Å². The Hall–Kier alpha value is -1.81. The Morgan fingerprint density at radius 3 is 2.76 bits per heavy atom. The molecule has 0 radical (unpaired) electrons. The third kappa shape index (κ3) is 3.60. The Bertz CT molecular complexity index is 396. The number of methoxy groups -OCH3 is 1. The van der Waals surface area contributed by atoms with Gasteiger partial charge in [0.2, 0.25) is 0 Å². The van der Waals surface area contributed by atoms with Crippen LogP contribution >= 0.6 is 0 Å². The zero-order chi connectivity index (χ0) is 12.8. The van der Waals surface area contributed by atoms with Crippen LogP contribution < -0.4 is 0 Å². The van der Waals surface area contributed by atoms with Gasteiger partial charge in [0.05, 0.1) is 7.11 Å². The van der Waals surface area contributed by atoms with E-state index in [1.54, 1.807) is 0 Å². The van der Waals surface area contributed by atoms with Crippen molar-refractivity contribution in [3.63, 3.8) is 0 Å². The number of ether oxygens (including phenoxy) is 1. The first-order chi connectivity index (χ1) is 8.08. The Kier molecular flexibility index (Phi) is 4.72. The maximum atomic E-state index is 11.6. The zero-order valence-electron chi connectivity index (χ0n) is 9.64. The van der Waals surface area contributed by atoms with E-state index in [-0.39, 0.29) is 18.1 Å². The van der Waals surface area contributed by atoms with Crippen molar-refractivity contribution in [1.82, 2.24) is 0 Å². The minimum absolute atomic E-state index is 0.0419. The summed E-state index contributed by atoms with van der Waals surface area (Å²) in [6.07, 6.45) is 2.49. The van der Waals surface area contributed by atoms with Crippen LogP contribution in [0.25, 0.3) is 5.53 Å². The highest BCUT2D eigenvalue weighted by atomic mass is 16.5. The largest absolute Gasteiger partial charge is 0.460 e. The standard InChI is InChI=1S/C11H14N2O4/c1-17-11(16)10(13-12)9(15)6-7-3-2-4-8(14)5-7/h7H,2-6H2,1H3. The van der Waals surface area contributed by atoms with E-state index in [2.05, 4.69) is 9.53 Å². The number of esters is 1. The summed E-state index contributed by atoms with van der Waals surface area (Å²) in [5.74, 6) is -1.47. The summed E-state index contributed by atoms with van der Waals surface area (Å²) in [4.78, 5) is 36.6. The van der Waals surface area contributed by atoms with Gasteiger partial charge in [-0.25, -0.2) is 4.79 Å². The molecule has 6 heteroatoms. The maximum absolute atomic E-state index is 11.6. The van der Waals surface area contributed by atoms with Gasteiger partial charge in [-0.1, -0.05) is 0 Å². The molecule has 0 aromatic carbocycles. The summed E-state index contributed by atoms with van der Waals surface area (Å²) in [6, 6.07) is 0. The fourth-order valence-electron chi connectivity index (χ4n) is 1.95.